The van der Waals surface area contributed by atoms with E-state index < -0.39 is 0 Å². The van der Waals surface area contributed by atoms with Gasteiger partial charge in [0.05, 0.1) is 36.6 Å². The Morgan fingerprint density at radius 1 is 0.696 bits per heavy atom. The largest absolute Gasteiger partial charge is 0.435 e. The summed E-state index contributed by atoms with van der Waals surface area (Å²) in [6.45, 7) is 6.82. The normalized spacial score (nSPS) is 31.0. The average molecular weight is 322 g/mol. The first-order chi connectivity index (χ1) is 11.1. The molecule has 0 aliphatic heterocycles. The number of rotatable bonds is 6. The third kappa shape index (κ3) is 5.20. The highest BCUT2D eigenvalue weighted by Crippen LogP contribution is 2.32. The second kappa shape index (κ2) is 8.87. The molecule has 5 heteroatoms. The van der Waals surface area contributed by atoms with Crippen LogP contribution in [0.25, 0.3) is 0 Å². The summed E-state index contributed by atoms with van der Waals surface area (Å²) in [6, 6.07) is 0. The Labute approximate surface area is 137 Å². The summed E-state index contributed by atoms with van der Waals surface area (Å²) in [6.07, 6.45) is 9.57. The lowest BCUT2D eigenvalue weighted by Crippen LogP contribution is -2.33. The van der Waals surface area contributed by atoms with Gasteiger partial charge in [-0.1, -0.05) is 13.2 Å². The van der Waals surface area contributed by atoms with Crippen molar-refractivity contribution < 1.29 is 23.8 Å². The summed E-state index contributed by atoms with van der Waals surface area (Å²) >= 11 is 0. The second-order valence-electron chi connectivity index (χ2n) is 6.29. The molecule has 0 bridgehead atoms. The van der Waals surface area contributed by atoms with Crippen LogP contribution in [0.3, 0.4) is 0 Å². The zero-order chi connectivity index (χ0) is 16.7. The highest BCUT2D eigenvalue weighted by atomic mass is 16.5. The van der Waals surface area contributed by atoms with Gasteiger partial charge in [-0.2, -0.15) is 0 Å². The van der Waals surface area contributed by atoms with Crippen LogP contribution in [0.1, 0.15) is 51.4 Å². The molecule has 0 radical (unpaired) electrons. The summed E-state index contributed by atoms with van der Waals surface area (Å²) in [5.41, 5.74) is 0. The van der Waals surface area contributed by atoms with E-state index in [0.29, 0.717) is 0 Å². The van der Waals surface area contributed by atoms with E-state index in [2.05, 4.69) is 13.2 Å². The van der Waals surface area contributed by atoms with Crippen molar-refractivity contribution in [1.29, 1.82) is 0 Å². The van der Waals surface area contributed by atoms with Crippen LogP contribution in [-0.2, 0) is 23.8 Å². The van der Waals surface area contributed by atoms with Crippen molar-refractivity contribution in [2.24, 2.45) is 11.8 Å². The van der Waals surface area contributed by atoms with Gasteiger partial charge in [-0.25, -0.2) is 0 Å². The van der Waals surface area contributed by atoms with Gasteiger partial charge < -0.3 is 14.2 Å². The third-order valence-electron chi connectivity index (χ3n) is 4.80. The van der Waals surface area contributed by atoms with E-state index in [0.717, 1.165) is 51.4 Å². The van der Waals surface area contributed by atoms with E-state index in [4.69, 9.17) is 14.2 Å². The maximum atomic E-state index is 11.7. The van der Waals surface area contributed by atoms with Crippen LogP contribution in [0.5, 0.6) is 0 Å². The highest BCUT2D eigenvalue weighted by molar-refractivity contribution is 5.73. The first kappa shape index (κ1) is 17.7. The number of ether oxygens (including phenoxy) is 3. The molecular formula is C18H26O5. The minimum Gasteiger partial charge on any atom is -0.435 e. The van der Waals surface area contributed by atoms with E-state index in [1.54, 1.807) is 0 Å². The molecule has 2 saturated carbocycles. The lowest BCUT2D eigenvalue weighted by Gasteiger charge is -2.33. The van der Waals surface area contributed by atoms with Gasteiger partial charge in [0.15, 0.2) is 0 Å². The average Bonchev–Trinajstić information content (AvgIpc) is 2.56. The number of carbonyl (C=O) groups excluding carboxylic acids is 2. The molecule has 0 spiro atoms. The van der Waals surface area contributed by atoms with E-state index in [-0.39, 0.29) is 36.0 Å². The fourth-order valence-electron chi connectivity index (χ4n) is 3.50. The first-order valence-electron chi connectivity index (χ1n) is 8.42. The first-order valence-corrected chi connectivity index (χ1v) is 8.42. The van der Waals surface area contributed by atoms with Crippen molar-refractivity contribution in [1.82, 2.24) is 0 Å². The van der Waals surface area contributed by atoms with Gasteiger partial charge in [-0.3, -0.25) is 9.59 Å². The SMILES string of the molecule is C=COC(=O)C1CCC(OC2CCC(C(=O)OC=C)CC2)CC1. The Morgan fingerprint density at radius 3 is 1.35 bits per heavy atom. The molecule has 0 aromatic carbocycles. The Hall–Kier alpha value is -1.62. The van der Waals surface area contributed by atoms with Crippen LogP contribution in [0.15, 0.2) is 25.7 Å². The number of carbonyl (C=O) groups is 2. The molecular weight excluding hydrogens is 296 g/mol. The van der Waals surface area contributed by atoms with Crippen molar-refractivity contribution >= 4 is 11.9 Å². The molecule has 0 N–H and O–H groups in total. The summed E-state index contributed by atoms with van der Waals surface area (Å²) in [7, 11) is 0. The maximum Gasteiger partial charge on any atom is 0.313 e. The fraction of sp³-hybridized carbons (Fsp3) is 0.667. The number of hydrogen-bond acceptors (Lipinski definition) is 5. The lowest BCUT2D eigenvalue weighted by atomic mass is 9.85. The standard InChI is InChI=1S/C18H26O5/c1-3-21-17(19)13-5-9-15(10-6-13)23-16-11-7-14(8-12-16)18(20)22-4-2/h3-4,13-16H,1-2,5-12H2. The smallest absolute Gasteiger partial charge is 0.313 e. The van der Waals surface area contributed by atoms with Crippen molar-refractivity contribution in [2.45, 2.75) is 63.6 Å². The lowest BCUT2D eigenvalue weighted by molar-refractivity contribution is -0.146. The van der Waals surface area contributed by atoms with Crippen molar-refractivity contribution in [2.75, 3.05) is 0 Å². The van der Waals surface area contributed by atoms with Crippen LogP contribution in [0.2, 0.25) is 0 Å². The molecule has 128 valence electrons. The summed E-state index contributed by atoms with van der Waals surface area (Å²) in [5, 5.41) is 0. The van der Waals surface area contributed by atoms with Gasteiger partial charge in [0, 0.05) is 0 Å². The molecule has 0 unspecified atom stereocenters. The Kier molecular flexibility index (Phi) is 6.84. The highest BCUT2D eigenvalue weighted by Gasteiger charge is 2.32. The fourth-order valence-corrected chi connectivity index (χ4v) is 3.50. The van der Waals surface area contributed by atoms with Gasteiger partial charge in [-0.05, 0) is 51.4 Å². The molecule has 2 aliphatic carbocycles. The predicted octanol–water partition coefficient (Wildman–Crippen LogP) is 3.49. The Balaban J connectivity index is 1.68. The molecule has 5 nitrogen and oxygen atoms in total. The molecule has 23 heavy (non-hydrogen) atoms. The Bertz CT molecular complexity index is 389. The van der Waals surface area contributed by atoms with Crippen LogP contribution in [0, 0.1) is 11.8 Å². The van der Waals surface area contributed by atoms with E-state index >= 15 is 0 Å². The van der Waals surface area contributed by atoms with Gasteiger partial charge in [0.2, 0.25) is 0 Å². The maximum absolute atomic E-state index is 11.7. The minimum absolute atomic E-state index is 0.0303. The van der Waals surface area contributed by atoms with Crippen LogP contribution < -0.4 is 0 Å². The Morgan fingerprint density at radius 2 is 1.04 bits per heavy atom. The van der Waals surface area contributed by atoms with Crippen LogP contribution in [0.4, 0.5) is 0 Å². The van der Waals surface area contributed by atoms with Crippen molar-refractivity contribution in [3.05, 3.63) is 25.7 Å². The van der Waals surface area contributed by atoms with E-state index in [9.17, 15) is 9.59 Å². The molecule has 2 aliphatic rings. The number of hydrogen-bond donors (Lipinski definition) is 0. The molecule has 2 rings (SSSR count). The summed E-state index contributed by atoms with van der Waals surface area (Å²) in [4.78, 5) is 23.3. The summed E-state index contributed by atoms with van der Waals surface area (Å²) in [5.74, 6) is -0.422. The third-order valence-corrected chi connectivity index (χ3v) is 4.80. The van der Waals surface area contributed by atoms with E-state index in [1.807, 2.05) is 0 Å². The van der Waals surface area contributed by atoms with Gasteiger partial charge in [0.1, 0.15) is 0 Å². The van der Waals surface area contributed by atoms with Gasteiger partial charge in [0.25, 0.3) is 0 Å². The topological polar surface area (TPSA) is 61.8 Å². The molecule has 0 heterocycles. The molecule has 0 amide bonds. The molecule has 0 aromatic heterocycles. The van der Waals surface area contributed by atoms with Crippen molar-refractivity contribution in [3.63, 3.8) is 0 Å². The van der Waals surface area contributed by atoms with Crippen LogP contribution in [-0.4, -0.2) is 24.1 Å². The van der Waals surface area contributed by atoms with Crippen LogP contribution >= 0.6 is 0 Å². The zero-order valence-corrected chi connectivity index (χ0v) is 13.6. The molecule has 0 atom stereocenters. The predicted molar refractivity (Wildman–Crippen MR) is 85.2 cm³/mol. The van der Waals surface area contributed by atoms with Gasteiger partial charge >= 0.3 is 11.9 Å². The summed E-state index contributed by atoms with van der Waals surface area (Å²) < 4.78 is 15.9. The zero-order valence-electron chi connectivity index (χ0n) is 13.6. The quantitative estimate of drug-likeness (QED) is 0.553. The van der Waals surface area contributed by atoms with Gasteiger partial charge in [-0.15, -0.1) is 0 Å². The monoisotopic (exact) mass is 322 g/mol. The second-order valence-corrected chi connectivity index (χ2v) is 6.29. The minimum atomic E-state index is -0.181. The molecule has 0 saturated heterocycles. The van der Waals surface area contributed by atoms with Crippen molar-refractivity contribution in [3.8, 4) is 0 Å². The molecule has 0 aromatic rings. The molecule has 2 fully saturated rings. The number of esters is 2. The van der Waals surface area contributed by atoms with E-state index in [1.165, 1.54) is 12.5 Å².